The third kappa shape index (κ3) is 6.21. The minimum Gasteiger partial charge on any atom is -0.480 e. The lowest BCUT2D eigenvalue weighted by molar-refractivity contribution is -0.138. The average molecular weight is 486 g/mol. The van der Waals surface area contributed by atoms with Crippen LogP contribution in [0.2, 0.25) is 0 Å². The normalized spacial score (nSPS) is 19.9. The molecule has 0 aliphatic carbocycles. The van der Waals surface area contributed by atoms with Gasteiger partial charge in [0.05, 0.1) is 5.56 Å². The van der Waals surface area contributed by atoms with E-state index in [1.165, 1.54) is 6.07 Å². The number of carbonyl (C=O) groups is 2. The number of alkyl halides is 3. The number of halogens is 3. The Balaban J connectivity index is 1.77. The van der Waals surface area contributed by atoms with Gasteiger partial charge < -0.3 is 20.5 Å². The first-order valence-electron chi connectivity index (χ1n) is 11.6. The molecule has 2 fully saturated rings. The summed E-state index contributed by atoms with van der Waals surface area (Å²) in [7, 11) is 0. The number of ether oxygens (including phenoxy) is 1. The number of benzene rings is 1. The molecule has 3 N–H and O–H groups in total. The zero-order chi connectivity index (χ0) is 25.3. The molecular weight excluding hydrogens is 451 g/mol. The Morgan fingerprint density at radius 2 is 1.76 bits per heavy atom. The van der Waals surface area contributed by atoms with Crippen LogP contribution in [0, 0.1) is 0 Å². The lowest BCUT2D eigenvalue weighted by Gasteiger charge is -2.45. The summed E-state index contributed by atoms with van der Waals surface area (Å²) in [5, 5.41) is 9.19. The Morgan fingerprint density at radius 3 is 2.32 bits per heavy atom. The van der Waals surface area contributed by atoms with E-state index in [9.17, 15) is 27.9 Å². The Labute approximate surface area is 198 Å². The molecule has 2 heterocycles. The molecule has 2 saturated heterocycles. The highest BCUT2D eigenvalue weighted by Gasteiger charge is 2.44. The zero-order valence-electron chi connectivity index (χ0n) is 20.0. The third-order valence-corrected chi connectivity index (χ3v) is 6.74. The number of carboxylic acids is 1. The van der Waals surface area contributed by atoms with E-state index in [4.69, 9.17) is 10.5 Å². The van der Waals surface area contributed by atoms with Crippen LogP contribution in [0.3, 0.4) is 0 Å². The number of likely N-dealkylation sites (tertiary alicyclic amines) is 2. The zero-order valence-corrected chi connectivity index (χ0v) is 20.0. The molecule has 3 rings (SSSR count). The van der Waals surface area contributed by atoms with E-state index < -0.39 is 29.4 Å². The molecule has 10 heteroatoms. The van der Waals surface area contributed by atoms with Crippen molar-refractivity contribution >= 4 is 12.1 Å². The first-order valence-corrected chi connectivity index (χ1v) is 11.6. The Hall–Kier alpha value is -2.33. The van der Waals surface area contributed by atoms with Crippen LogP contribution in [0.1, 0.15) is 63.1 Å². The molecule has 0 unspecified atom stereocenters. The Kier molecular flexibility index (Phi) is 7.52. The molecule has 1 aromatic carbocycles. The summed E-state index contributed by atoms with van der Waals surface area (Å²) in [5.74, 6) is -1.25. The maximum atomic E-state index is 13.3. The van der Waals surface area contributed by atoms with Gasteiger partial charge in [-0.15, -0.1) is 0 Å². The second-order valence-corrected chi connectivity index (χ2v) is 10.3. The summed E-state index contributed by atoms with van der Waals surface area (Å²) in [6.45, 7) is 7.78. The maximum absolute atomic E-state index is 13.3. The molecule has 1 spiro atoms. The van der Waals surface area contributed by atoms with Crippen molar-refractivity contribution in [1.29, 1.82) is 0 Å². The number of rotatable bonds is 5. The number of aliphatic carboxylic acids is 1. The molecule has 1 atom stereocenters. The molecule has 7 nitrogen and oxygen atoms in total. The molecule has 2 aliphatic rings. The van der Waals surface area contributed by atoms with Gasteiger partial charge in [-0.25, -0.2) is 4.79 Å². The van der Waals surface area contributed by atoms with Crippen LogP contribution in [0.5, 0.6) is 0 Å². The second kappa shape index (κ2) is 9.73. The summed E-state index contributed by atoms with van der Waals surface area (Å²) in [6, 6.07) is 2.21. The van der Waals surface area contributed by atoms with E-state index >= 15 is 0 Å². The summed E-state index contributed by atoms with van der Waals surface area (Å²) in [4.78, 5) is 27.7. The van der Waals surface area contributed by atoms with Crippen molar-refractivity contribution in [2.24, 2.45) is 5.73 Å². The molecular formula is C24H34F3N3O4. The van der Waals surface area contributed by atoms with Crippen molar-refractivity contribution in [2.75, 3.05) is 19.6 Å². The summed E-state index contributed by atoms with van der Waals surface area (Å²) in [5.41, 5.74) is 5.09. The van der Waals surface area contributed by atoms with E-state index in [1.807, 2.05) is 20.8 Å². The molecule has 2 aliphatic heterocycles. The number of hydrogen-bond acceptors (Lipinski definition) is 5. The largest absolute Gasteiger partial charge is 0.480 e. The predicted molar refractivity (Wildman–Crippen MR) is 120 cm³/mol. The van der Waals surface area contributed by atoms with Crippen molar-refractivity contribution in [3.8, 4) is 0 Å². The van der Waals surface area contributed by atoms with E-state index in [0.717, 1.165) is 44.4 Å². The fourth-order valence-corrected chi connectivity index (χ4v) is 4.92. The quantitative estimate of drug-likeness (QED) is 0.654. The number of carbonyl (C=O) groups excluding carboxylic acids is 1. The summed E-state index contributed by atoms with van der Waals surface area (Å²) >= 11 is 0. The number of nitrogens with two attached hydrogens (primary N) is 1. The standard InChI is InChI=1S/C24H34F3N3O4/c1-22(2,3)34-21(33)29-11-8-23(9-12-29)7-4-10-30(23)15-16-5-6-18(24(25,26)27)13-17(16)14-19(28)20(31)32/h5-6,13,19H,4,7-12,14-15,28H2,1-3H3,(H,31,32)/t19-/m0/s1. The van der Waals surface area contributed by atoms with E-state index in [-0.39, 0.29) is 18.1 Å². The van der Waals surface area contributed by atoms with Gasteiger partial charge in [0.1, 0.15) is 11.6 Å². The van der Waals surface area contributed by atoms with Gasteiger partial charge in [0.2, 0.25) is 0 Å². The van der Waals surface area contributed by atoms with Gasteiger partial charge in [0, 0.05) is 25.2 Å². The van der Waals surface area contributed by atoms with Crippen molar-refractivity contribution in [3.63, 3.8) is 0 Å². The number of carboxylic acid groups (broad SMARTS) is 1. The second-order valence-electron chi connectivity index (χ2n) is 10.3. The van der Waals surface area contributed by atoms with Gasteiger partial charge in [0.25, 0.3) is 0 Å². The third-order valence-electron chi connectivity index (χ3n) is 6.74. The van der Waals surface area contributed by atoms with Crippen LogP contribution in [0.25, 0.3) is 0 Å². The van der Waals surface area contributed by atoms with Gasteiger partial charge in [-0.3, -0.25) is 9.69 Å². The number of hydrogen-bond donors (Lipinski definition) is 2. The lowest BCUT2D eigenvalue weighted by Crippen LogP contribution is -2.53. The van der Waals surface area contributed by atoms with Crippen LogP contribution < -0.4 is 5.73 Å². The van der Waals surface area contributed by atoms with Crippen LogP contribution in [0.4, 0.5) is 18.0 Å². The fraction of sp³-hybridized carbons (Fsp3) is 0.667. The van der Waals surface area contributed by atoms with Crippen LogP contribution in [-0.2, 0) is 28.7 Å². The number of nitrogens with zero attached hydrogens (tertiary/aromatic N) is 2. The van der Waals surface area contributed by atoms with Crippen molar-refractivity contribution in [2.45, 2.75) is 82.8 Å². The molecule has 0 aromatic heterocycles. The van der Waals surface area contributed by atoms with Crippen LogP contribution in [-0.4, -0.2) is 63.8 Å². The van der Waals surface area contributed by atoms with Crippen molar-refractivity contribution < 1.29 is 32.6 Å². The fourth-order valence-electron chi connectivity index (χ4n) is 4.92. The molecule has 34 heavy (non-hydrogen) atoms. The smallest absolute Gasteiger partial charge is 0.416 e. The van der Waals surface area contributed by atoms with Gasteiger partial charge >= 0.3 is 18.2 Å². The summed E-state index contributed by atoms with van der Waals surface area (Å²) in [6.07, 6.45) is -1.64. The molecule has 1 aromatic rings. The van der Waals surface area contributed by atoms with E-state index in [1.54, 1.807) is 4.90 Å². The van der Waals surface area contributed by atoms with E-state index in [2.05, 4.69) is 4.90 Å². The molecule has 190 valence electrons. The van der Waals surface area contributed by atoms with Gasteiger partial charge in [-0.05, 0) is 82.7 Å². The monoisotopic (exact) mass is 485 g/mol. The SMILES string of the molecule is CC(C)(C)OC(=O)N1CCC2(CCCN2Cc2ccc(C(F)(F)F)cc2C[C@H](N)C(=O)O)CC1. The Bertz CT molecular complexity index is 906. The van der Waals surface area contributed by atoms with Gasteiger partial charge in [0.15, 0.2) is 0 Å². The summed E-state index contributed by atoms with van der Waals surface area (Å²) < 4.78 is 45.4. The number of amides is 1. The van der Waals surface area contributed by atoms with Gasteiger partial charge in [-0.2, -0.15) is 13.2 Å². The van der Waals surface area contributed by atoms with Crippen molar-refractivity contribution in [3.05, 3.63) is 34.9 Å². The molecule has 0 radical (unpaired) electrons. The number of piperidine rings is 1. The van der Waals surface area contributed by atoms with Crippen molar-refractivity contribution in [1.82, 2.24) is 9.80 Å². The van der Waals surface area contributed by atoms with Crippen LogP contribution >= 0.6 is 0 Å². The van der Waals surface area contributed by atoms with E-state index in [0.29, 0.717) is 30.8 Å². The highest BCUT2D eigenvalue weighted by molar-refractivity contribution is 5.73. The van der Waals surface area contributed by atoms with Gasteiger partial charge in [-0.1, -0.05) is 6.07 Å². The Morgan fingerprint density at radius 1 is 1.12 bits per heavy atom. The highest BCUT2D eigenvalue weighted by Crippen LogP contribution is 2.40. The molecule has 0 bridgehead atoms. The minimum absolute atomic E-state index is 0.145. The first-order chi connectivity index (χ1) is 15.7. The average Bonchev–Trinajstić information content (AvgIpc) is 3.09. The highest BCUT2D eigenvalue weighted by atomic mass is 19.4. The maximum Gasteiger partial charge on any atom is 0.416 e. The predicted octanol–water partition coefficient (Wildman–Crippen LogP) is 4.03. The topological polar surface area (TPSA) is 96.1 Å². The van der Waals surface area contributed by atoms with Crippen LogP contribution in [0.15, 0.2) is 18.2 Å². The molecule has 1 amide bonds. The molecule has 0 saturated carbocycles. The minimum atomic E-state index is -4.52. The first kappa shape index (κ1) is 26.3. The lowest BCUT2D eigenvalue weighted by atomic mass is 9.84.